The van der Waals surface area contributed by atoms with Crippen molar-refractivity contribution >= 4 is 35.0 Å². The molecule has 0 aromatic heterocycles. The average molecular weight is 248 g/mol. The molecule has 0 fully saturated rings. The highest BCUT2D eigenvalue weighted by Gasteiger charge is 2.04. The lowest BCUT2D eigenvalue weighted by atomic mass is 10.3. The molecule has 0 spiro atoms. The van der Waals surface area contributed by atoms with Gasteiger partial charge in [-0.1, -0.05) is 30.1 Å². The predicted octanol–water partition coefficient (Wildman–Crippen LogP) is 3.95. The summed E-state index contributed by atoms with van der Waals surface area (Å²) < 4.78 is 4.84. The van der Waals surface area contributed by atoms with Gasteiger partial charge in [0, 0.05) is 5.69 Å². The van der Waals surface area contributed by atoms with Crippen LogP contribution in [0.15, 0.2) is 18.2 Å². The molecule has 0 saturated heterocycles. The summed E-state index contributed by atoms with van der Waals surface area (Å²) >= 11 is 11.5. The van der Waals surface area contributed by atoms with Gasteiger partial charge in [0.1, 0.15) is 0 Å². The van der Waals surface area contributed by atoms with Crippen molar-refractivity contribution in [2.24, 2.45) is 0 Å². The van der Waals surface area contributed by atoms with Gasteiger partial charge in [-0.25, -0.2) is 4.79 Å². The Balaban J connectivity index is 2.57. The van der Waals surface area contributed by atoms with Crippen LogP contribution in [0, 0.1) is 0 Å². The Morgan fingerprint density at radius 1 is 1.40 bits per heavy atom. The smallest absolute Gasteiger partial charge is 0.411 e. The molecule has 0 aliphatic heterocycles. The van der Waals surface area contributed by atoms with Gasteiger partial charge in [-0.15, -0.1) is 0 Å². The van der Waals surface area contributed by atoms with Crippen LogP contribution in [0.2, 0.25) is 10.0 Å². The number of nitrogens with one attached hydrogen (secondary N) is 1. The molecule has 1 N–H and O–H groups in total. The lowest BCUT2D eigenvalue weighted by Crippen LogP contribution is -2.13. The Hall–Kier alpha value is -0.930. The van der Waals surface area contributed by atoms with Gasteiger partial charge in [-0.3, -0.25) is 5.32 Å². The second-order valence-corrected chi connectivity index (χ2v) is 3.70. The number of rotatable bonds is 3. The number of ether oxygens (including phenoxy) is 1. The minimum absolute atomic E-state index is 0.393. The number of halogens is 2. The van der Waals surface area contributed by atoms with Crippen LogP contribution in [0.5, 0.6) is 0 Å². The lowest BCUT2D eigenvalue weighted by Gasteiger charge is -2.06. The molecule has 5 heteroatoms. The molecule has 15 heavy (non-hydrogen) atoms. The molecule has 0 radical (unpaired) electrons. The maximum atomic E-state index is 11.2. The van der Waals surface area contributed by atoms with Crippen LogP contribution in [-0.2, 0) is 4.74 Å². The fourth-order valence-corrected chi connectivity index (χ4v) is 1.22. The number of carbonyl (C=O) groups is 1. The van der Waals surface area contributed by atoms with Crippen LogP contribution in [0.25, 0.3) is 0 Å². The molecule has 1 amide bonds. The van der Waals surface area contributed by atoms with E-state index in [9.17, 15) is 4.79 Å². The van der Waals surface area contributed by atoms with Crippen LogP contribution in [-0.4, -0.2) is 12.7 Å². The van der Waals surface area contributed by atoms with E-state index < -0.39 is 6.09 Å². The molecule has 0 heterocycles. The van der Waals surface area contributed by atoms with Crippen molar-refractivity contribution in [1.29, 1.82) is 0 Å². The van der Waals surface area contributed by atoms with Gasteiger partial charge in [0.25, 0.3) is 0 Å². The number of amides is 1. The monoisotopic (exact) mass is 247 g/mol. The summed E-state index contributed by atoms with van der Waals surface area (Å²) in [6.07, 6.45) is 0.296. The van der Waals surface area contributed by atoms with E-state index in [4.69, 9.17) is 27.9 Å². The molecule has 0 aliphatic rings. The number of carbonyl (C=O) groups excluding carboxylic acids is 1. The Kier molecular flexibility index (Phi) is 4.72. The van der Waals surface area contributed by atoms with Gasteiger partial charge in [-0.2, -0.15) is 0 Å². The third-order valence-corrected chi connectivity index (χ3v) is 2.34. The Morgan fingerprint density at radius 3 is 2.73 bits per heavy atom. The van der Waals surface area contributed by atoms with E-state index in [-0.39, 0.29) is 0 Å². The molecule has 0 aliphatic carbocycles. The number of anilines is 1. The standard InChI is InChI=1S/C10H11Cl2NO2/c1-2-5-15-10(14)13-7-3-4-8(11)9(12)6-7/h3-4,6H,2,5H2,1H3,(H,13,14). The molecule has 3 nitrogen and oxygen atoms in total. The van der Waals surface area contributed by atoms with Gasteiger partial charge in [0.2, 0.25) is 0 Å². The Labute approximate surface area is 98.3 Å². The normalized spacial score (nSPS) is 9.80. The quantitative estimate of drug-likeness (QED) is 0.879. The maximum Gasteiger partial charge on any atom is 0.411 e. The molecular weight excluding hydrogens is 237 g/mol. The number of benzene rings is 1. The summed E-state index contributed by atoms with van der Waals surface area (Å²) in [6, 6.07) is 4.83. The van der Waals surface area contributed by atoms with E-state index in [1.54, 1.807) is 18.2 Å². The summed E-state index contributed by atoms with van der Waals surface area (Å²) in [6.45, 7) is 2.32. The third-order valence-electron chi connectivity index (χ3n) is 1.60. The molecule has 1 rings (SSSR count). The number of hydrogen-bond acceptors (Lipinski definition) is 2. The summed E-state index contributed by atoms with van der Waals surface area (Å²) in [5.41, 5.74) is 0.561. The minimum Gasteiger partial charge on any atom is -0.449 e. The first-order valence-electron chi connectivity index (χ1n) is 4.52. The Bertz CT molecular complexity index is 355. The molecule has 0 bridgehead atoms. The zero-order valence-corrected chi connectivity index (χ0v) is 9.73. The summed E-state index contributed by atoms with van der Waals surface area (Å²) in [7, 11) is 0. The van der Waals surface area contributed by atoms with Gasteiger partial charge in [-0.05, 0) is 24.6 Å². The van der Waals surface area contributed by atoms with Crippen molar-refractivity contribution in [2.45, 2.75) is 13.3 Å². The molecule has 0 unspecified atom stereocenters. The minimum atomic E-state index is -0.491. The summed E-state index contributed by atoms with van der Waals surface area (Å²) in [5, 5.41) is 3.38. The van der Waals surface area contributed by atoms with E-state index in [2.05, 4.69) is 5.32 Å². The van der Waals surface area contributed by atoms with Gasteiger partial charge in [0.05, 0.1) is 16.7 Å². The molecule has 0 atom stereocenters. The highest BCUT2D eigenvalue weighted by Crippen LogP contribution is 2.24. The second-order valence-electron chi connectivity index (χ2n) is 2.89. The van der Waals surface area contributed by atoms with Crippen molar-refractivity contribution in [1.82, 2.24) is 0 Å². The van der Waals surface area contributed by atoms with Crippen molar-refractivity contribution < 1.29 is 9.53 Å². The predicted molar refractivity (Wildman–Crippen MR) is 61.7 cm³/mol. The van der Waals surface area contributed by atoms with Crippen molar-refractivity contribution in [3.63, 3.8) is 0 Å². The fourth-order valence-electron chi connectivity index (χ4n) is 0.923. The zero-order chi connectivity index (χ0) is 11.3. The van der Waals surface area contributed by atoms with E-state index >= 15 is 0 Å². The van der Waals surface area contributed by atoms with Gasteiger partial charge in [0.15, 0.2) is 0 Å². The lowest BCUT2D eigenvalue weighted by molar-refractivity contribution is 0.161. The molecular formula is C10H11Cl2NO2. The van der Waals surface area contributed by atoms with Crippen LogP contribution in [0.3, 0.4) is 0 Å². The first-order valence-corrected chi connectivity index (χ1v) is 5.28. The maximum absolute atomic E-state index is 11.2. The SMILES string of the molecule is CCCOC(=O)Nc1ccc(Cl)c(Cl)c1. The topological polar surface area (TPSA) is 38.3 Å². The first-order chi connectivity index (χ1) is 7.13. The summed E-state index contributed by atoms with van der Waals surface area (Å²) in [4.78, 5) is 11.2. The summed E-state index contributed by atoms with van der Waals surface area (Å²) in [5.74, 6) is 0. The second kappa shape index (κ2) is 5.83. The van der Waals surface area contributed by atoms with E-state index in [1.165, 1.54) is 0 Å². The number of hydrogen-bond donors (Lipinski definition) is 1. The third kappa shape index (κ3) is 3.98. The van der Waals surface area contributed by atoms with Crippen molar-refractivity contribution in [3.8, 4) is 0 Å². The zero-order valence-electron chi connectivity index (χ0n) is 8.22. The van der Waals surface area contributed by atoms with Gasteiger partial charge >= 0.3 is 6.09 Å². The van der Waals surface area contributed by atoms with Crippen LogP contribution in [0.1, 0.15) is 13.3 Å². The molecule has 1 aromatic rings. The highest BCUT2D eigenvalue weighted by atomic mass is 35.5. The average Bonchev–Trinajstić information content (AvgIpc) is 2.20. The van der Waals surface area contributed by atoms with Gasteiger partial charge < -0.3 is 4.74 Å². The first kappa shape index (κ1) is 12.1. The molecule has 0 saturated carbocycles. The van der Waals surface area contributed by atoms with Crippen molar-refractivity contribution in [2.75, 3.05) is 11.9 Å². The molecule has 1 aromatic carbocycles. The fraction of sp³-hybridized carbons (Fsp3) is 0.300. The van der Waals surface area contributed by atoms with Crippen LogP contribution < -0.4 is 5.32 Å². The highest BCUT2D eigenvalue weighted by molar-refractivity contribution is 6.42. The van der Waals surface area contributed by atoms with Crippen molar-refractivity contribution in [3.05, 3.63) is 28.2 Å². The Morgan fingerprint density at radius 2 is 2.13 bits per heavy atom. The van der Waals surface area contributed by atoms with E-state index in [0.29, 0.717) is 22.3 Å². The van der Waals surface area contributed by atoms with E-state index in [1.807, 2.05) is 6.92 Å². The van der Waals surface area contributed by atoms with Crippen LogP contribution in [0.4, 0.5) is 10.5 Å². The largest absolute Gasteiger partial charge is 0.449 e. The van der Waals surface area contributed by atoms with E-state index in [0.717, 1.165) is 6.42 Å². The van der Waals surface area contributed by atoms with Crippen LogP contribution >= 0.6 is 23.2 Å². The molecule has 82 valence electrons.